The molecule has 2 nitrogen and oxygen atoms in total. The molecule has 1 heterocycles. The Morgan fingerprint density at radius 3 is 2.50 bits per heavy atom. The standard InChI is InChI=1S/C12H13NO/c1-3-9-8-13(2)12(14)11-7-5-4-6-10(9)11/h4-8H,3H2,1-2H3. The molecule has 0 unspecified atom stereocenters. The maximum atomic E-state index is 11.8. The van der Waals surface area contributed by atoms with E-state index in [0.717, 1.165) is 17.2 Å². The Balaban J connectivity index is 2.97. The molecule has 0 fully saturated rings. The van der Waals surface area contributed by atoms with Crippen molar-refractivity contribution in [2.45, 2.75) is 13.3 Å². The van der Waals surface area contributed by atoms with Crippen LogP contribution in [0.15, 0.2) is 35.3 Å². The molecule has 0 aliphatic carbocycles. The van der Waals surface area contributed by atoms with Crippen LogP contribution in [-0.4, -0.2) is 4.57 Å². The van der Waals surface area contributed by atoms with E-state index in [1.807, 2.05) is 30.5 Å². The molecule has 2 aromatic rings. The molecule has 1 aromatic carbocycles. The zero-order valence-electron chi connectivity index (χ0n) is 8.45. The second kappa shape index (κ2) is 3.29. The average Bonchev–Trinajstić information content (AvgIpc) is 2.23. The zero-order valence-corrected chi connectivity index (χ0v) is 8.45. The maximum Gasteiger partial charge on any atom is 0.258 e. The lowest BCUT2D eigenvalue weighted by Gasteiger charge is -2.06. The first kappa shape index (κ1) is 9.00. The molecular formula is C12H13NO. The smallest absolute Gasteiger partial charge is 0.258 e. The van der Waals surface area contributed by atoms with E-state index < -0.39 is 0 Å². The van der Waals surface area contributed by atoms with E-state index in [4.69, 9.17) is 0 Å². The van der Waals surface area contributed by atoms with Gasteiger partial charge in [-0.25, -0.2) is 0 Å². The van der Waals surface area contributed by atoms with Gasteiger partial charge in [-0.1, -0.05) is 25.1 Å². The highest BCUT2D eigenvalue weighted by atomic mass is 16.1. The van der Waals surface area contributed by atoms with E-state index in [0.29, 0.717) is 0 Å². The van der Waals surface area contributed by atoms with E-state index >= 15 is 0 Å². The van der Waals surface area contributed by atoms with Crippen molar-refractivity contribution in [3.63, 3.8) is 0 Å². The Morgan fingerprint density at radius 2 is 1.86 bits per heavy atom. The van der Waals surface area contributed by atoms with Crippen LogP contribution < -0.4 is 5.56 Å². The number of hydrogen-bond acceptors (Lipinski definition) is 1. The highest BCUT2D eigenvalue weighted by molar-refractivity contribution is 5.84. The van der Waals surface area contributed by atoms with Crippen LogP contribution in [-0.2, 0) is 13.5 Å². The molecule has 2 rings (SSSR count). The third-order valence-corrected chi connectivity index (χ3v) is 2.55. The molecule has 2 heteroatoms. The fourth-order valence-corrected chi connectivity index (χ4v) is 1.78. The van der Waals surface area contributed by atoms with Crippen molar-refractivity contribution in [3.05, 3.63) is 46.4 Å². The summed E-state index contributed by atoms with van der Waals surface area (Å²) in [6, 6.07) is 7.77. The van der Waals surface area contributed by atoms with Gasteiger partial charge in [0, 0.05) is 18.6 Å². The van der Waals surface area contributed by atoms with Crippen LogP contribution in [0.25, 0.3) is 10.8 Å². The molecule has 0 saturated carbocycles. The van der Waals surface area contributed by atoms with Crippen molar-refractivity contribution in [1.82, 2.24) is 4.57 Å². The maximum absolute atomic E-state index is 11.8. The lowest BCUT2D eigenvalue weighted by atomic mass is 10.1. The molecule has 0 aliphatic rings. The summed E-state index contributed by atoms with van der Waals surface area (Å²) in [5.41, 5.74) is 1.31. The molecule has 0 N–H and O–H groups in total. The molecule has 0 spiro atoms. The van der Waals surface area contributed by atoms with Crippen molar-refractivity contribution in [3.8, 4) is 0 Å². The number of hydrogen-bond donors (Lipinski definition) is 0. The van der Waals surface area contributed by atoms with E-state index in [1.54, 1.807) is 11.6 Å². The van der Waals surface area contributed by atoms with Gasteiger partial charge in [0.15, 0.2) is 0 Å². The Morgan fingerprint density at radius 1 is 1.21 bits per heavy atom. The quantitative estimate of drug-likeness (QED) is 0.670. The molecule has 1 aromatic heterocycles. The Bertz CT molecular complexity index is 525. The topological polar surface area (TPSA) is 22.0 Å². The number of aromatic nitrogens is 1. The van der Waals surface area contributed by atoms with Gasteiger partial charge in [0.05, 0.1) is 0 Å². The van der Waals surface area contributed by atoms with Crippen LogP contribution >= 0.6 is 0 Å². The Kier molecular flexibility index (Phi) is 2.12. The molecule has 0 atom stereocenters. The van der Waals surface area contributed by atoms with Gasteiger partial charge < -0.3 is 4.57 Å². The minimum absolute atomic E-state index is 0.0813. The lowest BCUT2D eigenvalue weighted by Crippen LogP contribution is -2.17. The van der Waals surface area contributed by atoms with Gasteiger partial charge in [-0.05, 0) is 23.4 Å². The summed E-state index contributed by atoms with van der Waals surface area (Å²) in [4.78, 5) is 11.8. The normalized spacial score (nSPS) is 10.7. The summed E-state index contributed by atoms with van der Waals surface area (Å²) < 4.78 is 1.65. The number of pyridine rings is 1. The van der Waals surface area contributed by atoms with Crippen LogP contribution in [0.1, 0.15) is 12.5 Å². The molecular weight excluding hydrogens is 174 g/mol. The van der Waals surface area contributed by atoms with Crippen molar-refractivity contribution in [1.29, 1.82) is 0 Å². The van der Waals surface area contributed by atoms with E-state index in [2.05, 4.69) is 6.92 Å². The van der Waals surface area contributed by atoms with E-state index in [9.17, 15) is 4.79 Å². The molecule has 72 valence electrons. The zero-order chi connectivity index (χ0) is 10.1. The summed E-state index contributed by atoms with van der Waals surface area (Å²) in [7, 11) is 1.80. The molecule has 0 radical (unpaired) electrons. The molecule has 0 aliphatic heterocycles. The van der Waals surface area contributed by atoms with Gasteiger partial charge in [0.25, 0.3) is 5.56 Å². The monoisotopic (exact) mass is 187 g/mol. The first-order chi connectivity index (χ1) is 6.74. The number of fused-ring (bicyclic) bond motifs is 1. The highest BCUT2D eigenvalue weighted by Gasteiger charge is 2.03. The molecule has 0 amide bonds. The van der Waals surface area contributed by atoms with Gasteiger partial charge in [-0.2, -0.15) is 0 Å². The van der Waals surface area contributed by atoms with Crippen LogP contribution in [0.3, 0.4) is 0 Å². The third kappa shape index (κ3) is 1.23. The van der Waals surface area contributed by atoms with Gasteiger partial charge >= 0.3 is 0 Å². The predicted octanol–water partition coefficient (Wildman–Crippen LogP) is 2.10. The van der Waals surface area contributed by atoms with Crippen LogP contribution in [0, 0.1) is 0 Å². The lowest BCUT2D eigenvalue weighted by molar-refractivity contribution is 0.857. The summed E-state index contributed by atoms with van der Waals surface area (Å²) in [5, 5.41) is 1.90. The largest absolute Gasteiger partial charge is 0.318 e. The highest BCUT2D eigenvalue weighted by Crippen LogP contribution is 2.14. The van der Waals surface area contributed by atoms with Crippen molar-refractivity contribution in [2.24, 2.45) is 7.05 Å². The summed E-state index contributed by atoms with van der Waals surface area (Å²) >= 11 is 0. The SMILES string of the molecule is CCc1cn(C)c(=O)c2ccccc12. The fraction of sp³-hybridized carbons (Fsp3) is 0.250. The van der Waals surface area contributed by atoms with Gasteiger partial charge in [-0.3, -0.25) is 4.79 Å². The van der Waals surface area contributed by atoms with Crippen molar-refractivity contribution >= 4 is 10.8 Å². The molecule has 14 heavy (non-hydrogen) atoms. The first-order valence-electron chi connectivity index (χ1n) is 4.81. The van der Waals surface area contributed by atoms with E-state index in [-0.39, 0.29) is 5.56 Å². The molecule has 0 saturated heterocycles. The second-order valence-corrected chi connectivity index (χ2v) is 3.47. The van der Waals surface area contributed by atoms with E-state index in [1.165, 1.54) is 5.56 Å². The summed E-state index contributed by atoms with van der Waals surface area (Å²) in [5.74, 6) is 0. The van der Waals surface area contributed by atoms with Crippen LogP contribution in [0.2, 0.25) is 0 Å². The Hall–Kier alpha value is -1.57. The third-order valence-electron chi connectivity index (χ3n) is 2.55. The minimum Gasteiger partial charge on any atom is -0.318 e. The number of benzene rings is 1. The summed E-state index contributed by atoms with van der Waals surface area (Å²) in [6.45, 7) is 2.10. The first-order valence-corrected chi connectivity index (χ1v) is 4.81. The van der Waals surface area contributed by atoms with Crippen molar-refractivity contribution in [2.75, 3.05) is 0 Å². The number of rotatable bonds is 1. The molecule has 0 bridgehead atoms. The Labute approximate surface area is 82.8 Å². The predicted molar refractivity (Wildman–Crippen MR) is 58.6 cm³/mol. The average molecular weight is 187 g/mol. The van der Waals surface area contributed by atoms with Gasteiger partial charge in [-0.15, -0.1) is 0 Å². The van der Waals surface area contributed by atoms with Gasteiger partial charge in [0.2, 0.25) is 0 Å². The summed E-state index contributed by atoms with van der Waals surface area (Å²) in [6.07, 6.45) is 2.87. The number of aryl methyl sites for hydroxylation is 2. The van der Waals surface area contributed by atoms with Crippen molar-refractivity contribution < 1.29 is 0 Å². The van der Waals surface area contributed by atoms with Gasteiger partial charge in [0.1, 0.15) is 0 Å². The van der Waals surface area contributed by atoms with Crippen LogP contribution in [0.4, 0.5) is 0 Å². The fourth-order valence-electron chi connectivity index (χ4n) is 1.78. The minimum atomic E-state index is 0.0813. The van der Waals surface area contributed by atoms with Crippen LogP contribution in [0.5, 0.6) is 0 Å². The number of nitrogens with zero attached hydrogens (tertiary/aromatic N) is 1. The second-order valence-electron chi connectivity index (χ2n) is 3.47.